The first-order chi connectivity index (χ1) is 8.52. The second-order valence-corrected chi connectivity index (χ2v) is 5.06. The van der Waals surface area contributed by atoms with Crippen molar-refractivity contribution in [3.63, 3.8) is 0 Å². The molecule has 1 amide bonds. The van der Waals surface area contributed by atoms with E-state index in [1.807, 2.05) is 0 Å². The molecule has 0 aromatic heterocycles. The summed E-state index contributed by atoms with van der Waals surface area (Å²) in [6.45, 7) is 1.98. The molecule has 1 fully saturated rings. The van der Waals surface area contributed by atoms with Gasteiger partial charge in [-0.2, -0.15) is 0 Å². The van der Waals surface area contributed by atoms with Crippen LogP contribution in [0.3, 0.4) is 0 Å². The molecule has 0 saturated heterocycles. The van der Waals surface area contributed by atoms with Crippen molar-refractivity contribution in [2.24, 2.45) is 0 Å². The van der Waals surface area contributed by atoms with E-state index < -0.39 is 5.60 Å². The largest absolute Gasteiger partial charge is 0.508 e. The van der Waals surface area contributed by atoms with Gasteiger partial charge in [-0.15, -0.1) is 0 Å². The van der Waals surface area contributed by atoms with Crippen LogP contribution in [0.25, 0.3) is 0 Å². The van der Waals surface area contributed by atoms with Crippen LogP contribution in [0.5, 0.6) is 5.75 Å². The highest BCUT2D eigenvalue weighted by Gasteiger charge is 2.31. The standard InChI is InChI=1S/C14H19NO3/c1-10-11(5-4-6-12(10)16)13(17)15-9-14(18)7-2-3-8-14/h4-6,16,18H,2-3,7-9H2,1H3,(H,15,17). The zero-order valence-electron chi connectivity index (χ0n) is 10.6. The molecule has 1 aromatic carbocycles. The third kappa shape index (κ3) is 2.64. The number of carbonyl (C=O) groups is 1. The maximum absolute atomic E-state index is 12.0. The van der Waals surface area contributed by atoms with Gasteiger partial charge in [0.15, 0.2) is 0 Å². The number of rotatable bonds is 3. The molecule has 0 unspecified atom stereocenters. The molecule has 1 aliphatic carbocycles. The molecule has 0 radical (unpaired) electrons. The highest BCUT2D eigenvalue weighted by atomic mass is 16.3. The normalized spacial score (nSPS) is 17.7. The lowest BCUT2D eigenvalue weighted by molar-refractivity contribution is 0.0449. The van der Waals surface area contributed by atoms with Gasteiger partial charge in [-0.1, -0.05) is 18.9 Å². The lowest BCUT2D eigenvalue weighted by Gasteiger charge is -2.22. The van der Waals surface area contributed by atoms with Gasteiger partial charge < -0.3 is 15.5 Å². The fourth-order valence-electron chi connectivity index (χ4n) is 2.42. The van der Waals surface area contributed by atoms with E-state index in [1.54, 1.807) is 25.1 Å². The molecule has 0 heterocycles. The van der Waals surface area contributed by atoms with E-state index in [4.69, 9.17) is 0 Å². The molecule has 0 spiro atoms. The summed E-state index contributed by atoms with van der Waals surface area (Å²) in [5, 5.41) is 22.4. The first-order valence-electron chi connectivity index (χ1n) is 6.31. The predicted octanol–water partition coefficient (Wildman–Crippen LogP) is 1.74. The van der Waals surface area contributed by atoms with Crippen molar-refractivity contribution in [1.29, 1.82) is 0 Å². The lowest BCUT2D eigenvalue weighted by Crippen LogP contribution is -2.40. The van der Waals surface area contributed by atoms with Crippen LogP contribution in [-0.2, 0) is 0 Å². The van der Waals surface area contributed by atoms with Crippen molar-refractivity contribution in [2.75, 3.05) is 6.54 Å². The molecule has 98 valence electrons. The van der Waals surface area contributed by atoms with Crippen molar-refractivity contribution < 1.29 is 15.0 Å². The number of phenols is 1. The summed E-state index contributed by atoms with van der Waals surface area (Å²) < 4.78 is 0. The number of carbonyl (C=O) groups excluding carboxylic acids is 1. The Morgan fingerprint density at radius 2 is 2.06 bits per heavy atom. The summed E-state index contributed by atoms with van der Waals surface area (Å²) in [5.74, 6) is -0.133. The summed E-state index contributed by atoms with van der Waals surface area (Å²) >= 11 is 0. The first kappa shape index (κ1) is 12.9. The van der Waals surface area contributed by atoms with Gasteiger partial charge in [-0.25, -0.2) is 0 Å². The number of hydrogen-bond donors (Lipinski definition) is 3. The molecule has 3 N–H and O–H groups in total. The first-order valence-corrected chi connectivity index (χ1v) is 6.31. The Hall–Kier alpha value is -1.55. The monoisotopic (exact) mass is 249 g/mol. The Morgan fingerprint density at radius 1 is 1.39 bits per heavy atom. The van der Waals surface area contributed by atoms with Crippen LogP contribution in [0.15, 0.2) is 18.2 Å². The Labute approximate surface area is 107 Å². The van der Waals surface area contributed by atoms with E-state index in [-0.39, 0.29) is 18.2 Å². The quantitative estimate of drug-likeness (QED) is 0.764. The smallest absolute Gasteiger partial charge is 0.251 e. The maximum atomic E-state index is 12.0. The Bertz CT molecular complexity index is 450. The highest BCUT2D eigenvalue weighted by Crippen LogP contribution is 2.28. The van der Waals surface area contributed by atoms with E-state index in [1.165, 1.54) is 0 Å². The lowest BCUT2D eigenvalue weighted by atomic mass is 10.0. The number of aliphatic hydroxyl groups is 1. The van der Waals surface area contributed by atoms with Gasteiger partial charge >= 0.3 is 0 Å². The number of hydrogen-bond acceptors (Lipinski definition) is 3. The third-order valence-corrected chi connectivity index (χ3v) is 3.66. The van der Waals surface area contributed by atoms with Gasteiger partial charge in [0.1, 0.15) is 5.75 Å². The van der Waals surface area contributed by atoms with Gasteiger partial charge in [0.05, 0.1) is 5.60 Å². The molecule has 4 heteroatoms. The minimum atomic E-state index is -0.750. The fourth-order valence-corrected chi connectivity index (χ4v) is 2.42. The van der Waals surface area contributed by atoms with E-state index in [0.717, 1.165) is 25.7 Å². The predicted molar refractivity (Wildman–Crippen MR) is 68.6 cm³/mol. The van der Waals surface area contributed by atoms with Crippen LogP contribution in [0.4, 0.5) is 0 Å². The van der Waals surface area contributed by atoms with Crippen molar-refractivity contribution in [1.82, 2.24) is 5.32 Å². The van der Waals surface area contributed by atoms with Crippen LogP contribution in [0, 0.1) is 6.92 Å². The van der Waals surface area contributed by atoms with Crippen LogP contribution in [0.2, 0.25) is 0 Å². The number of phenolic OH excluding ortho intramolecular Hbond substituents is 1. The van der Waals surface area contributed by atoms with Crippen LogP contribution >= 0.6 is 0 Å². The fraction of sp³-hybridized carbons (Fsp3) is 0.500. The molecule has 1 aromatic rings. The summed E-state index contributed by atoms with van der Waals surface area (Å²) in [6, 6.07) is 4.86. The summed E-state index contributed by atoms with van der Waals surface area (Å²) in [5.41, 5.74) is 0.269. The van der Waals surface area contributed by atoms with Crippen LogP contribution in [0.1, 0.15) is 41.6 Å². The Morgan fingerprint density at radius 3 is 2.72 bits per heavy atom. The van der Waals surface area contributed by atoms with Crippen LogP contribution < -0.4 is 5.32 Å². The number of amides is 1. The van der Waals surface area contributed by atoms with E-state index in [2.05, 4.69) is 5.32 Å². The molecule has 0 atom stereocenters. The average molecular weight is 249 g/mol. The van der Waals surface area contributed by atoms with E-state index in [0.29, 0.717) is 11.1 Å². The Kier molecular flexibility index (Phi) is 3.57. The zero-order valence-corrected chi connectivity index (χ0v) is 10.6. The number of nitrogens with one attached hydrogen (secondary N) is 1. The molecule has 1 saturated carbocycles. The molecule has 0 aliphatic heterocycles. The molecule has 1 aliphatic rings. The zero-order chi connectivity index (χ0) is 13.2. The van der Waals surface area contributed by atoms with Gasteiger partial charge in [0, 0.05) is 17.7 Å². The van der Waals surface area contributed by atoms with Crippen molar-refractivity contribution in [2.45, 2.75) is 38.2 Å². The number of aromatic hydroxyl groups is 1. The second-order valence-electron chi connectivity index (χ2n) is 5.06. The van der Waals surface area contributed by atoms with E-state index in [9.17, 15) is 15.0 Å². The van der Waals surface area contributed by atoms with Crippen molar-refractivity contribution >= 4 is 5.91 Å². The SMILES string of the molecule is Cc1c(O)cccc1C(=O)NCC1(O)CCCC1. The second kappa shape index (κ2) is 4.98. The van der Waals surface area contributed by atoms with Gasteiger partial charge in [-0.3, -0.25) is 4.79 Å². The average Bonchev–Trinajstić information content (AvgIpc) is 2.77. The molecule has 2 rings (SSSR count). The number of benzene rings is 1. The van der Waals surface area contributed by atoms with Crippen molar-refractivity contribution in [3.05, 3.63) is 29.3 Å². The topological polar surface area (TPSA) is 69.6 Å². The molecule has 0 bridgehead atoms. The Balaban J connectivity index is 2.01. The summed E-state index contributed by atoms with van der Waals surface area (Å²) in [7, 11) is 0. The molecule has 18 heavy (non-hydrogen) atoms. The highest BCUT2D eigenvalue weighted by molar-refractivity contribution is 5.96. The van der Waals surface area contributed by atoms with E-state index >= 15 is 0 Å². The van der Waals surface area contributed by atoms with Gasteiger partial charge in [0.2, 0.25) is 0 Å². The molecular weight excluding hydrogens is 230 g/mol. The van der Waals surface area contributed by atoms with Gasteiger partial charge in [0.25, 0.3) is 5.91 Å². The molecule has 4 nitrogen and oxygen atoms in total. The maximum Gasteiger partial charge on any atom is 0.251 e. The minimum Gasteiger partial charge on any atom is -0.508 e. The van der Waals surface area contributed by atoms with Gasteiger partial charge in [-0.05, 0) is 31.9 Å². The third-order valence-electron chi connectivity index (χ3n) is 3.66. The summed E-state index contributed by atoms with van der Waals surface area (Å²) in [4.78, 5) is 12.0. The van der Waals surface area contributed by atoms with Crippen LogP contribution in [-0.4, -0.2) is 28.3 Å². The minimum absolute atomic E-state index is 0.113. The van der Waals surface area contributed by atoms with Crippen molar-refractivity contribution in [3.8, 4) is 5.75 Å². The summed E-state index contributed by atoms with van der Waals surface area (Å²) in [6.07, 6.45) is 3.51. The molecular formula is C14H19NO3.